The van der Waals surface area contributed by atoms with Crippen molar-refractivity contribution in [3.05, 3.63) is 47.5 Å². The van der Waals surface area contributed by atoms with Crippen molar-refractivity contribution in [3.8, 4) is 0 Å². The van der Waals surface area contributed by atoms with Gasteiger partial charge >= 0.3 is 11.9 Å². The molecule has 0 radical (unpaired) electrons. The Hall–Kier alpha value is -2.43. The number of carboxylic acids is 1. The van der Waals surface area contributed by atoms with Gasteiger partial charge in [0.25, 0.3) is 0 Å². The summed E-state index contributed by atoms with van der Waals surface area (Å²) in [5, 5.41) is 10.6. The molecule has 0 amide bonds. The first-order valence-electron chi connectivity index (χ1n) is 16.4. The van der Waals surface area contributed by atoms with E-state index in [9.17, 15) is 19.5 Å². The van der Waals surface area contributed by atoms with Crippen molar-refractivity contribution in [3.63, 3.8) is 0 Å². The molecule has 1 N–H and O–H groups in total. The molecule has 0 unspecified atom stereocenters. The highest BCUT2D eigenvalue weighted by Crippen LogP contribution is 2.75. The third-order valence-corrected chi connectivity index (χ3v) is 14.4. The second-order valence-corrected chi connectivity index (χ2v) is 16.2. The molecular weight excluding hydrogens is 524 g/mol. The first-order chi connectivity index (χ1) is 19.6. The molecule has 0 heterocycles. The zero-order chi connectivity index (χ0) is 30.5. The first kappa shape index (κ1) is 29.6. The van der Waals surface area contributed by atoms with E-state index in [0.717, 1.165) is 44.1 Å². The van der Waals surface area contributed by atoms with E-state index in [-0.39, 0.29) is 63.2 Å². The second kappa shape index (κ2) is 9.53. The Morgan fingerprint density at radius 2 is 1.57 bits per heavy atom. The molecule has 4 fully saturated rings. The van der Waals surface area contributed by atoms with Gasteiger partial charge in [-0.1, -0.05) is 72.2 Å². The summed E-state index contributed by atoms with van der Waals surface area (Å²) < 4.78 is 6.20. The first-order valence-corrected chi connectivity index (χ1v) is 16.4. The third-order valence-electron chi connectivity index (χ3n) is 14.4. The molecule has 5 heteroatoms. The fourth-order valence-electron chi connectivity index (χ4n) is 11.6. The van der Waals surface area contributed by atoms with Crippen LogP contribution in [0.2, 0.25) is 0 Å². The Labute approximate surface area is 251 Å². The smallest absolute Gasteiger partial charge is 0.338 e. The summed E-state index contributed by atoms with van der Waals surface area (Å²) in [6.07, 6.45) is 8.41. The van der Waals surface area contributed by atoms with E-state index in [1.54, 1.807) is 12.1 Å². The molecule has 5 aliphatic carbocycles. The number of aliphatic carboxylic acids is 1. The molecule has 1 aromatic rings. The molecular formula is C37H50O5. The van der Waals surface area contributed by atoms with Crippen LogP contribution in [-0.2, 0) is 14.3 Å². The highest BCUT2D eigenvalue weighted by molar-refractivity contribution is 5.96. The summed E-state index contributed by atoms with van der Waals surface area (Å²) in [7, 11) is 0. The molecule has 6 rings (SSSR count). The number of esters is 1. The molecule has 5 aliphatic rings. The summed E-state index contributed by atoms with van der Waals surface area (Å²) >= 11 is 0. The zero-order valence-electron chi connectivity index (χ0n) is 26.7. The molecule has 228 valence electrons. The molecule has 10 atom stereocenters. The number of fused-ring (bicyclic) bond motifs is 7. The van der Waals surface area contributed by atoms with Crippen LogP contribution in [0, 0.1) is 56.7 Å². The van der Waals surface area contributed by atoms with E-state index in [0.29, 0.717) is 24.3 Å². The van der Waals surface area contributed by atoms with E-state index in [1.807, 2.05) is 24.3 Å². The number of carbonyl (C=O) groups is 3. The van der Waals surface area contributed by atoms with Crippen LogP contribution in [0.4, 0.5) is 0 Å². The number of carbonyl (C=O) groups excluding carboxylic acids is 2. The van der Waals surface area contributed by atoms with Gasteiger partial charge in [0.15, 0.2) is 5.78 Å². The molecule has 1 aromatic carbocycles. The summed E-state index contributed by atoms with van der Waals surface area (Å²) in [5.41, 5.74) is 0.00900. The molecule has 0 saturated heterocycles. The number of ketones is 1. The fourth-order valence-corrected chi connectivity index (χ4v) is 11.6. The van der Waals surface area contributed by atoms with E-state index in [2.05, 4.69) is 48.5 Å². The van der Waals surface area contributed by atoms with Gasteiger partial charge in [0.05, 0.1) is 11.0 Å². The summed E-state index contributed by atoms with van der Waals surface area (Å²) in [6, 6.07) is 9.22. The lowest BCUT2D eigenvalue weighted by atomic mass is 9.33. The quantitative estimate of drug-likeness (QED) is 0.369. The normalized spacial score (nSPS) is 45.8. The highest BCUT2D eigenvalue weighted by atomic mass is 16.5. The minimum absolute atomic E-state index is 0.0886. The SMILES string of the molecule is C[C@H]1[C@H](C)CC[C@]2(C(=O)O)CC[C@]3(C)C(=CC(=O)[C@@H]4[C@@]5(C)CC[C@H](OC(=O)c6ccccc6)C(C)(C)[C@@H]5CC[C@]43C)[C@H]12. The predicted octanol–water partition coefficient (Wildman–Crippen LogP) is 8.13. The predicted molar refractivity (Wildman–Crippen MR) is 163 cm³/mol. The minimum atomic E-state index is -0.759. The van der Waals surface area contributed by atoms with E-state index >= 15 is 0 Å². The molecule has 0 aliphatic heterocycles. The van der Waals surface area contributed by atoms with Crippen molar-refractivity contribution in [2.75, 3.05) is 0 Å². The number of rotatable bonds is 3. The van der Waals surface area contributed by atoms with Crippen LogP contribution in [0.3, 0.4) is 0 Å². The Morgan fingerprint density at radius 1 is 0.881 bits per heavy atom. The van der Waals surface area contributed by atoms with Crippen molar-refractivity contribution in [1.82, 2.24) is 0 Å². The van der Waals surface area contributed by atoms with Crippen molar-refractivity contribution < 1.29 is 24.2 Å². The summed E-state index contributed by atoms with van der Waals surface area (Å²) in [4.78, 5) is 40.6. The highest BCUT2D eigenvalue weighted by Gasteiger charge is 2.71. The number of allylic oxidation sites excluding steroid dienone is 2. The number of hydrogen-bond acceptors (Lipinski definition) is 4. The molecule has 0 aromatic heterocycles. The Bertz CT molecular complexity index is 1330. The van der Waals surface area contributed by atoms with E-state index < -0.39 is 11.4 Å². The van der Waals surface area contributed by atoms with Crippen LogP contribution in [0.25, 0.3) is 0 Å². The van der Waals surface area contributed by atoms with Gasteiger partial charge in [-0.05, 0) is 109 Å². The van der Waals surface area contributed by atoms with Crippen molar-refractivity contribution >= 4 is 17.7 Å². The summed E-state index contributed by atoms with van der Waals surface area (Å²) in [6.45, 7) is 16.0. The third kappa shape index (κ3) is 3.76. The van der Waals surface area contributed by atoms with Gasteiger partial charge in [0.1, 0.15) is 6.10 Å². The maximum Gasteiger partial charge on any atom is 0.338 e. The van der Waals surface area contributed by atoms with Crippen LogP contribution in [0.5, 0.6) is 0 Å². The van der Waals surface area contributed by atoms with Gasteiger partial charge < -0.3 is 9.84 Å². The van der Waals surface area contributed by atoms with Crippen LogP contribution in [-0.4, -0.2) is 28.9 Å². The molecule has 0 bridgehead atoms. The Kier molecular flexibility index (Phi) is 6.73. The Balaban J connectivity index is 1.37. The van der Waals surface area contributed by atoms with Crippen molar-refractivity contribution in [1.29, 1.82) is 0 Å². The minimum Gasteiger partial charge on any atom is -0.481 e. The average Bonchev–Trinajstić information content (AvgIpc) is 2.93. The Morgan fingerprint density at radius 3 is 2.24 bits per heavy atom. The number of benzene rings is 1. The largest absolute Gasteiger partial charge is 0.481 e. The van der Waals surface area contributed by atoms with Crippen molar-refractivity contribution in [2.24, 2.45) is 56.7 Å². The van der Waals surface area contributed by atoms with Gasteiger partial charge in [0, 0.05) is 11.3 Å². The zero-order valence-corrected chi connectivity index (χ0v) is 26.7. The van der Waals surface area contributed by atoms with E-state index in [1.165, 1.54) is 0 Å². The van der Waals surface area contributed by atoms with Crippen LogP contribution >= 0.6 is 0 Å². The molecule has 5 nitrogen and oxygen atoms in total. The number of carboxylic acid groups (broad SMARTS) is 1. The lowest BCUT2D eigenvalue weighted by Crippen LogP contribution is -2.67. The second-order valence-electron chi connectivity index (χ2n) is 16.2. The van der Waals surface area contributed by atoms with Crippen LogP contribution in [0.1, 0.15) is 110 Å². The lowest BCUT2D eigenvalue weighted by Gasteiger charge is -2.70. The maximum atomic E-state index is 14.6. The van der Waals surface area contributed by atoms with E-state index in [4.69, 9.17) is 4.74 Å². The van der Waals surface area contributed by atoms with Gasteiger partial charge in [0.2, 0.25) is 0 Å². The number of ether oxygens (including phenoxy) is 1. The van der Waals surface area contributed by atoms with Gasteiger partial charge in [-0.3, -0.25) is 9.59 Å². The molecule has 0 spiro atoms. The molecule has 42 heavy (non-hydrogen) atoms. The maximum absolute atomic E-state index is 14.6. The fraction of sp³-hybridized carbons (Fsp3) is 0.703. The number of hydrogen-bond donors (Lipinski definition) is 1. The van der Waals surface area contributed by atoms with Crippen LogP contribution in [0.15, 0.2) is 42.0 Å². The van der Waals surface area contributed by atoms with Crippen LogP contribution < -0.4 is 0 Å². The van der Waals surface area contributed by atoms with Gasteiger partial charge in [-0.25, -0.2) is 4.79 Å². The average molecular weight is 575 g/mol. The molecule has 4 saturated carbocycles. The lowest BCUT2D eigenvalue weighted by molar-refractivity contribution is -0.205. The topological polar surface area (TPSA) is 80.7 Å². The van der Waals surface area contributed by atoms with Gasteiger partial charge in [-0.15, -0.1) is 0 Å². The summed E-state index contributed by atoms with van der Waals surface area (Å²) in [5.74, 6) is -0.0435. The van der Waals surface area contributed by atoms with Crippen molar-refractivity contribution in [2.45, 2.75) is 106 Å². The monoisotopic (exact) mass is 574 g/mol. The van der Waals surface area contributed by atoms with Gasteiger partial charge in [-0.2, -0.15) is 0 Å². The standard InChI is InChI=1S/C37H50O5/c1-22-13-18-37(32(40)41)20-19-35(6)25(29(37)23(22)2)21-26(38)30-34(5)16-15-28(42-31(39)24-11-9-8-10-12-24)33(3,4)27(34)14-17-36(30,35)7/h8-12,21-23,27-30H,13-20H2,1-7H3,(H,40,41)/t22-,23+,27+,28+,29+,30-,34+,35-,36-,37+/m1/s1.